The molecule has 0 fully saturated rings. The van der Waals surface area contributed by atoms with E-state index >= 15 is 0 Å². The van der Waals surface area contributed by atoms with E-state index in [1.807, 2.05) is 6.08 Å². The Balaban J connectivity index is 0. The monoisotopic (exact) mass is 83.1 g/mol. The van der Waals surface area contributed by atoms with Crippen LogP contribution in [-0.2, 0) is 0 Å². The Bertz CT molecular complexity index is 36.4. The van der Waals surface area contributed by atoms with Gasteiger partial charge in [0.15, 0.2) is 0 Å². The molecule has 0 aliphatic rings. The van der Waals surface area contributed by atoms with E-state index in [2.05, 4.69) is 20.1 Å². The van der Waals surface area contributed by atoms with Crippen LogP contribution >= 0.6 is 0 Å². The molecule has 0 bridgehead atoms. The summed E-state index contributed by atoms with van der Waals surface area (Å²) >= 11 is 0. The lowest BCUT2D eigenvalue weighted by Gasteiger charge is -1.57. The maximum Gasteiger partial charge on any atom is 0.0462 e. The van der Waals surface area contributed by atoms with E-state index in [-0.39, 0.29) is 0 Å². The molecule has 0 aromatic rings. The molecule has 0 rings (SSSR count). The molecular weight excluding hydrogens is 74.1 g/mol. The van der Waals surface area contributed by atoms with Crippen LogP contribution in [0.4, 0.5) is 0 Å². The Morgan fingerprint density at radius 1 is 1.83 bits per heavy atom. The van der Waals surface area contributed by atoms with Crippen molar-refractivity contribution >= 4 is 0 Å². The molecule has 0 saturated heterocycles. The van der Waals surface area contributed by atoms with Crippen molar-refractivity contribution in [3.63, 3.8) is 0 Å². The third kappa shape index (κ3) is 304. The molecule has 0 aliphatic heterocycles. The standard InChI is InChI=1S/C4H8.CHN/c1-3-4-2;1-2/h3H,1,4H2,2H3;1H. The first-order valence-corrected chi connectivity index (χ1v) is 1.78. The van der Waals surface area contributed by atoms with E-state index < -0.39 is 0 Å². The highest BCUT2D eigenvalue weighted by Crippen LogP contribution is 1.66. The molecule has 0 unspecified atom stereocenters. The van der Waals surface area contributed by atoms with Gasteiger partial charge in [-0.1, -0.05) is 13.0 Å². The number of allylic oxidation sites excluding steroid dienone is 1. The maximum atomic E-state index is 6.50. The van der Waals surface area contributed by atoms with Gasteiger partial charge >= 0.3 is 0 Å². The van der Waals surface area contributed by atoms with Gasteiger partial charge in [-0.2, -0.15) is 0 Å². The van der Waals surface area contributed by atoms with E-state index in [0.717, 1.165) is 6.42 Å². The third-order valence-electron chi connectivity index (χ3n) is 0.289. The number of nitriles is 1. The second-order valence-electron chi connectivity index (χ2n) is 0.697. The maximum absolute atomic E-state index is 6.50. The van der Waals surface area contributed by atoms with Gasteiger partial charge in [-0.25, -0.2) is 5.26 Å². The van der Waals surface area contributed by atoms with Crippen molar-refractivity contribution in [1.29, 1.82) is 5.26 Å². The second kappa shape index (κ2) is 29.2. The fourth-order valence-corrected chi connectivity index (χ4v) is 0. The molecule has 34 valence electrons. The van der Waals surface area contributed by atoms with Gasteiger partial charge in [-0.15, -0.1) is 6.58 Å². The van der Waals surface area contributed by atoms with Gasteiger partial charge < -0.3 is 0 Å². The minimum Gasteiger partial charge on any atom is -0.202 e. The minimum absolute atomic E-state index is 1.08. The van der Waals surface area contributed by atoms with Crippen LogP contribution in [0.15, 0.2) is 12.7 Å². The molecule has 6 heavy (non-hydrogen) atoms. The number of rotatable bonds is 1. The predicted octanol–water partition coefficient (Wildman–Crippen LogP) is 1.72. The van der Waals surface area contributed by atoms with Gasteiger partial charge in [0.25, 0.3) is 0 Å². The molecule has 0 aliphatic carbocycles. The number of nitrogens with zero attached hydrogens (tertiary/aromatic N) is 1. The Hall–Kier alpha value is -0.770. The highest BCUT2D eigenvalue weighted by atomic mass is 14.2. The molecular formula is C5H9N. The third-order valence-corrected chi connectivity index (χ3v) is 0.289. The van der Waals surface area contributed by atoms with Crippen LogP contribution in [0.1, 0.15) is 13.3 Å². The fourth-order valence-electron chi connectivity index (χ4n) is 0. The van der Waals surface area contributed by atoms with Crippen LogP contribution in [0.3, 0.4) is 0 Å². The summed E-state index contributed by atoms with van der Waals surface area (Å²) in [5.74, 6) is 0. The van der Waals surface area contributed by atoms with Crippen LogP contribution in [0.5, 0.6) is 0 Å². The average molecular weight is 83.1 g/mol. The largest absolute Gasteiger partial charge is 0.202 e. The van der Waals surface area contributed by atoms with Crippen LogP contribution in [0.25, 0.3) is 0 Å². The molecule has 0 spiro atoms. The van der Waals surface area contributed by atoms with E-state index in [9.17, 15) is 0 Å². The van der Waals surface area contributed by atoms with Crippen molar-refractivity contribution in [2.24, 2.45) is 0 Å². The Kier molecular flexibility index (Phi) is 43.6. The van der Waals surface area contributed by atoms with Crippen molar-refractivity contribution in [3.8, 4) is 6.57 Å². The first kappa shape index (κ1) is 8.97. The Morgan fingerprint density at radius 3 is 2.00 bits per heavy atom. The molecule has 0 saturated carbocycles. The first-order chi connectivity index (χ1) is 2.91. The molecule has 1 heteroatoms. The van der Waals surface area contributed by atoms with Gasteiger partial charge in [-0.05, 0) is 6.42 Å². The van der Waals surface area contributed by atoms with Crippen LogP contribution < -0.4 is 0 Å². The summed E-state index contributed by atoms with van der Waals surface area (Å²) in [5.41, 5.74) is 0. The van der Waals surface area contributed by atoms with Gasteiger partial charge in [-0.3, -0.25) is 0 Å². The van der Waals surface area contributed by atoms with Gasteiger partial charge in [0.05, 0.1) is 0 Å². The van der Waals surface area contributed by atoms with Crippen molar-refractivity contribution in [1.82, 2.24) is 0 Å². The van der Waals surface area contributed by atoms with Gasteiger partial charge in [0.2, 0.25) is 0 Å². The minimum atomic E-state index is 1.08. The van der Waals surface area contributed by atoms with Gasteiger partial charge in [0.1, 0.15) is 0 Å². The Labute approximate surface area is 38.9 Å². The van der Waals surface area contributed by atoms with Gasteiger partial charge in [0, 0.05) is 6.57 Å². The van der Waals surface area contributed by atoms with Crippen molar-refractivity contribution < 1.29 is 0 Å². The topological polar surface area (TPSA) is 23.8 Å². The van der Waals surface area contributed by atoms with E-state index in [4.69, 9.17) is 5.26 Å². The summed E-state index contributed by atoms with van der Waals surface area (Å²) in [6.07, 6.45) is 2.96. The first-order valence-electron chi connectivity index (χ1n) is 1.78. The summed E-state index contributed by atoms with van der Waals surface area (Å²) in [6.45, 7) is 9.04. The Morgan fingerprint density at radius 2 is 2.00 bits per heavy atom. The molecule has 0 amide bonds. The zero-order chi connectivity index (χ0) is 5.41. The zero-order valence-corrected chi connectivity index (χ0v) is 4.02. The average Bonchev–Trinajstić information content (AvgIpc) is 1.72. The highest BCUT2D eigenvalue weighted by Gasteiger charge is 1.45. The lowest BCUT2D eigenvalue weighted by atomic mass is 10.5. The molecule has 1 nitrogen and oxygen atoms in total. The van der Waals surface area contributed by atoms with Crippen molar-refractivity contribution in [2.45, 2.75) is 13.3 Å². The number of hydrogen-bond acceptors (Lipinski definition) is 1. The van der Waals surface area contributed by atoms with Crippen LogP contribution in [-0.4, -0.2) is 0 Å². The molecule has 0 aromatic carbocycles. The molecule has 0 heterocycles. The highest BCUT2D eigenvalue weighted by molar-refractivity contribution is 4.60. The zero-order valence-electron chi connectivity index (χ0n) is 4.02. The normalized spacial score (nSPS) is 4.50. The van der Waals surface area contributed by atoms with E-state index in [1.165, 1.54) is 0 Å². The second-order valence-corrected chi connectivity index (χ2v) is 0.697. The molecule has 0 radical (unpaired) electrons. The summed E-state index contributed by atoms with van der Waals surface area (Å²) in [5, 5.41) is 6.50. The smallest absolute Gasteiger partial charge is 0.0462 e. The quantitative estimate of drug-likeness (QED) is 0.443. The lowest BCUT2D eigenvalue weighted by Crippen LogP contribution is -1.36. The van der Waals surface area contributed by atoms with Crippen molar-refractivity contribution in [3.05, 3.63) is 12.7 Å². The summed E-state index contributed by atoms with van der Waals surface area (Å²) in [7, 11) is 0. The number of hydrogen-bond donors (Lipinski definition) is 0. The summed E-state index contributed by atoms with van der Waals surface area (Å²) < 4.78 is 0. The lowest BCUT2D eigenvalue weighted by molar-refractivity contribution is 1.23. The fraction of sp³-hybridized carbons (Fsp3) is 0.400. The SMILES string of the molecule is C#N.C=CCC. The summed E-state index contributed by atoms with van der Waals surface area (Å²) in [6, 6.07) is 0. The summed E-state index contributed by atoms with van der Waals surface area (Å²) in [4.78, 5) is 0. The van der Waals surface area contributed by atoms with Crippen molar-refractivity contribution in [2.75, 3.05) is 0 Å². The van der Waals surface area contributed by atoms with Crippen LogP contribution in [0, 0.1) is 11.8 Å². The van der Waals surface area contributed by atoms with E-state index in [1.54, 1.807) is 0 Å². The molecule has 0 N–H and O–H groups in total. The molecule has 0 atom stereocenters. The van der Waals surface area contributed by atoms with Crippen LogP contribution in [0.2, 0.25) is 0 Å². The predicted molar refractivity (Wildman–Crippen MR) is 27.2 cm³/mol. The van der Waals surface area contributed by atoms with E-state index in [0.29, 0.717) is 0 Å². The molecule has 0 aromatic heterocycles.